The molecule has 4 nitrogen and oxygen atoms in total. The van der Waals surface area contributed by atoms with Gasteiger partial charge in [0.05, 0.1) is 49.7 Å². The third-order valence-electron chi connectivity index (χ3n) is 20.6. The van der Waals surface area contributed by atoms with Gasteiger partial charge in [-0.15, -0.1) is 0 Å². The molecule has 0 aliphatic heterocycles. The molecule has 0 aliphatic carbocycles. The van der Waals surface area contributed by atoms with Crippen LogP contribution in [0.1, 0.15) is 0 Å². The number of fused-ring (bicyclic) bond motifs is 21. The van der Waals surface area contributed by atoms with Crippen LogP contribution in [0.25, 0.3) is 197 Å². The van der Waals surface area contributed by atoms with Gasteiger partial charge in [0.25, 0.3) is 0 Å². The molecule has 0 aliphatic rings. The number of benzene rings is 16. The highest BCUT2D eigenvalue weighted by Gasteiger charge is 2.23. The van der Waals surface area contributed by atoms with E-state index in [1.807, 2.05) is 0 Å². The van der Waals surface area contributed by atoms with Gasteiger partial charge in [-0.1, -0.05) is 206 Å². The lowest BCUT2D eigenvalue weighted by molar-refractivity contribution is 1.18. The van der Waals surface area contributed by atoms with E-state index in [1.54, 1.807) is 0 Å². The van der Waals surface area contributed by atoms with E-state index in [1.165, 1.54) is 186 Å². The first-order valence-corrected chi connectivity index (χ1v) is 32.6. The van der Waals surface area contributed by atoms with Gasteiger partial charge in [0, 0.05) is 70.9 Å². The summed E-state index contributed by atoms with van der Waals surface area (Å²) in [4.78, 5) is 0. The van der Waals surface area contributed by atoms with Crippen molar-refractivity contribution in [3.63, 3.8) is 0 Å². The maximum atomic E-state index is 2.47. The van der Waals surface area contributed by atoms with Crippen molar-refractivity contribution in [2.45, 2.75) is 0 Å². The molecule has 5 heterocycles. The van der Waals surface area contributed by atoms with E-state index in [4.69, 9.17) is 0 Å². The van der Waals surface area contributed by atoms with E-state index in [-0.39, 0.29) is 0 Å². The van der Waals surface area contributed by atoms with E-state index >= 15 is 0 Å². The summed E-state index contributed by atoms with van der Waals surface area (Å²) in [5.74, 6) is 0. The molecular weight excluding hydrogens is 1140 g/mol. The summed E-state index contributed by atoms with van der Waals surface area (Å²) in [6.45, 7) is 0. The highest BCUT2D eigenvalue weighted by Crippen LogP contribution is 2.47. The highest BCUT2D eigenvalue weighted by molar-refractivity contribution is 6.29. The second-order valence-electron chi connectivity index (χ2n) is 25.5. The summed E-state index contributed by atoms with van der Waals surface area (Å²) in [5.41, 5.74) is 24.0. The van der Waals surface area contributed by atoms with Crippen LogP contribution in [0.2, 0.25) is 0 Å². The Bertz CT molecular complexity index is 6670. The third-order valence-corrected chi connectivity index (χ3v) is 20.6. The Balaban J connectivity index is 0.652. The minimum Gasteiger partial charge on any atom is -0.309 e. The molecule has 0 bridgehead atoms. The van der Waals surface area contributed by atoms with Crippen molar-refractivity contribution in [3.05, 3.63) is 328 Å². The first-order valence-electron chi connectivity index (χ1n) is 32.6. The maximum absolute atomic E-state index is 2.47. The van der Waals surface area contributed by atoms with Gasteiger partial charge in [0.15, 0.2) is 0 Å². The van der Waals surface area contributed by atoms with Crippen LogP contribution < -0.4 is 0 Å². The Kier molecular flexibility index (Phi) is 10.6. The standard InChI is InChI=1S/C90H54N4/c1-2-22-62(23-3-1)91-81-34-11-6-26-68(81)76-49-57(39-44-86(76)91)58-40-45-88-77(50-58)69-27-8-13-36-83(69)93(88)64-42-43-67-74-33-18-32-65(89(74)73-31-5-4-25-66(73)75(67)54-64)60-21-16-19-55(47-60)56-20-17-24-63(48-56)92-82-35-12-7-28-70(82)78-51-59(41-46-87(78)92)61-52-79-71-29-9-14-37-84(71)94-85-38-15-10-30-72(85)80(53-61)90(79)94/h1-54H. The largest absolute Gasteiger partial charge is 0.309 e. The van der Waals surface area contributed by atoms with Gasteiger partial charge in [-0.05, 0) is 198 Å². The molecule has 0 saturated heterocycles. The van der Waals surface area contributed by atoms with Gasteiger partial charge >= 0.3 is 0 Å². The van der Waals surface area contributed by atoms with Crippen molar-refractivity contribution < 1.29 is 0 Å². The van der Waals surface area contributed by atoms with Gasteiger partial charge in [-0.25, -0.2) is 0 Å². The minimum absolute atomic E-state index is 1.13. The first-order chi connectivity index (χ1) is 46.6. The van der Waals surface area contributed by atoms with E-state index in [0.29, 0.717) is 0 Å². The Morgan fingerprint density at radius 3 is 1.09 bits per heavy atom. The van der Waals surface area contributed by atoms with Crippen LogP contribution in [0.5, 0.6) is 0 Å². The fourth-order valence-corrected chi connectivity index (χ4v) is 16.5. The summed E-state index contributed by atoms with van der Waals surface area (Å²) < 4.78 is 9.76. The van der Waals surface area contributed by atoms with Crippen molar-refractivity contribution in [1.29, 1.82) is 0 Å². The molecule has 5 aromatic heterocycles. The van der Waals surface area contributed by atoms with Crippen molar-refractivity contribution in [3.8, 4) is 61.6 Å². The average Bonchev–Trinajstić information content (AvgIpc) is 1.51. The predicted octanol–water partition coefficient (Wildman–Crippen LogP) is 24.3. The van der Waals surface area contributed by atoms with E-state index in [2.05, 4.69) is 346 Å². The summed E-state index contributed by atoms with van der Waals surface area (Å²) >= 11 is 0. The predicted molar refractivity (Wildman–Crippen MR) is 398 cm³/mol. The molecule has 21 rings (SSSR count). The number of hydrogen-bond donors (Lipinski definition) is 0. The lowest BCUT2D eigenvalue weighted by Crippen LogP contribution is -1.95. The van der Waals surface area contributed by atoms with Crippen LogP contribution in [0.4, 0.5) is 0 Å². The summed E-state index contributed by atoms with van der Waals surface area (Å²) in [6.07, 6.45) is 0. The van der Waals surface area contributed by atoms with Crippen LogP contribution in [0.15, 0.2) is 328 Å². The van der Waals surface area contributed by atoms with E-state index in [9.17, 15) is 0 Å². The first kappa shape index (κ1) is 51.3. The van der Waals surface area contributed by atoms with Gasteiger partial charge in [-0.3, -0.25) is 0 Å². The van der Waals surface area contributed by atoms with Crippen LogP contribution in [0, 0.1) is 0 Å². The van der Waals surface area contributed by atoms with Crippen LogP contribution in [-0.2, 0) is 0 Å². The summed E-state index contributed by atoms with van der Waals surface area (Å²) in [7, 11) is 0. The van der Waals surface area contributed by atoms with E-state index in [0.717, 1.165) is 11.4 Å². The molecule has 4 heteroatoms. The third kappa shape index (κ3) is 7.27. The highest BCUT2D eigenvalue weighted by atomic mass is 15.0. The normalized spacial score (nSPS) is 12.3. The molecule has 21 aromatic rings. The number of hydrogen-bond acceptors (Lipinski definition) is 0. The van der Waals surface area contributed by atoms with Crippen LogP contribution in [0.3, 0.4) is 0 Å². The Labute approximate surface area is 539 Å². The monoisotopic (exact) mass is 1190 g/mol. The molecule has 0 N–H and O–H groups in total. The fraction of sp³-hybridized carbons (Fsp3) is 0. The molecule has 0 radical (unpaired) electrons. The van der Waals surface area contributed by atoms with Crippen molar-refractivity contribution in [2.24, 2.45) is 0 Å². The zero-order valence-electron chi connectivity index (χ0n) is 51.0. The Morgan fingerprint density at radius 1 is 0.160 bits per heavy atom. The fourth-order valence-electron chi connectivity index (χ4n) is 16.5. The molecule has 0 atom stereocenters. The molecule has 434 valence electrons. The van der Waals surface area contributed by atoms with Gasteiger partial charge in [-0.2, -0.15) is 0 Å². The molecule has 0 fully saturated rings. The number of aromatic nitrogens is 4. The van der Waals surface area contributed by atoms with Gasteiger partial charge in [0.2, 0.25) is 0 Å². The molecular formula is C90H54N4. The second kappa shape index (κ2) is 19.5. The zero-order valence-corrected chi connectivity index (χ0v) is 51.0. The van der Waals surface area contributed by atoms with Crippen LogP contribution in [-0.4, -0.2) is 18.1 Å². The van der Waals surface area contributed by atoms with Crippen molar-refractivity contribution >= 4 is 136 Å². The van der Waals surface area contributed by atoms with Gasteiger partial charge < -0.3 is 18.1 Å². The SMILES string of the molecule is c1ccc(-n2c3ccccc3c3cc(-c4ccc5c(c4)c4ccccc4n5-c4ccc5c(c4)c4ccccc4c4c(-c6cccc(-c7cccc(-n8c9ccccc9c9cc(-c%10cc%11c%12ccccc%12n%12c%13ccccc%13c(c%10)c%11%12)ccc98)c7)c6)cccc54)ccc32)cc1. The lowest BCUT2D eigenvalue weighted by atomic mass is 9.88. The zero-order chi connectivity index (χ0) is 61.3. The maximum Gasteiger partial charge on any atom is 0.0620 e. The quantitative estimate of drug-likeness (QED) is 0.142. The van der Waals surface area contributed by atoms with E-state index < -0.39 is 0 Å². The molecule has 0 amide bonds. The van der Waals surface area contributed by atoms with Crippen molar-refractivity contribution in [2.75, 3.05) is 0 Å². The second-order valence-corrected chi connectivity index (χ2v) is 25.5. The molecule has 0 saturated carbocycles. The molecule has 16 aromatic carbocycles. The topological polar surface area (TPSA) is 19.2 Å². The van der Waals surface area contributed by atoms with Gasteiger partial charge in [0.1, 0.15) is 0 Å². The smallest absolute Gasteiger partial charge is 0.0620 e. The molecule has 94 heavy (non-hydrogen) atoms. The Morgan fingerprint density at radius 2 is 0.521 bits per heavy atom. The average molecular weight is 1190 g/mol. The molecule has 0 spiro atoms. The summed E-state index contributed by atoms with van der Waals surface area (Å²) in [5, 5.41) is 20.1. The number of nitrogens with zero attached hydrogens (tertiary/aromatic N) is 4. The summed E-state index contributed by atoms with van der Waals surface area (Å²) in [6, 6.07) is 122. The lowest BCUT2D eigenvalue weighted by Gasteiger charge is -2.17. The molecule has 0 unspecified atom stereocenters. The van der Waals surface area contributed by atoms with Crippen molar-refractivity contribution in [1.82, 2.24) is 18.1 Å². The Hall–Kier alpha value is -12.5. The number of rotatable bonds is 7. The minimum atomic E-state index is 1.13. The number of para-hydroxylation sites is 6. The van der Waals surface area contributed by atoms with Crippen LogP contribution >= 0.6 is 0 Å².